The Bertz CT molecular complexity index is 236. The Balaban J connectivity index is 0.000000921. The van der Waals surface area contributed by atoms with Gasteiger partial charge >= 0.3 is 0 Å². The third kappa shape index (κ3) is 4.98. The summed E-state index contributed by atoms with van der Waals surface area (Å²) in [6, 6.07) is 0. The summed E-state index contributed by atoms with van der Waals surface area (Å²) >= 11 is 0. The fourth-order valence-electron chi connectivity index (χ4n) is 1.72. The fourth-order valence-corrected chi connectivity index (χ4v) is 1.72. The second-order valence-corrected chi connectivity index (χ2v) is 3.54. The zero-order valence-electron chi connectivity index (χ0n) is 10.7. The van der Waals surface area contributed by atoms with Crippen LogP contribution in [0.1, 0.15) is 33.6 Å². The minimum atomic E-state index is 1.15. The molecule has 1 rings (SSSR count). The molecule has 0 aromatic heterocycles. The highest BCUT2D eigenvalue weighted by atomic mass is 15.1. The van der Waals surface area contributed by atoms with Gasteiger partial charge in [-0.1, -0.05) is 38.7 Å². The topological polar surface area (TPSA) is 3.24 Å². The minimum Gasteiger partial charge on any atom is -0.306 e. The molecule has 0 amide bonds. The van der Waals surface area contributed by atoms with Crippen LogP contribution >= 0.6 is 0 Å². The molecule has 0 spiro atoms. The van der Waals surface area contributed by atoms with Gasteiger partial charge in [-0.15, -0.1) is 0 Å². The van der Waals surface area contributed by atoms with E-state index < -0.39 is 0 Å². The maximum Gasteiger partial charge on any atom is 0.00190 e. The van der Waals surface area contributed by atoms with E-state index >= 15 is 0 Å². The lowest BCUT2D eigenvalue weighted by Crippen LogP contribution is -2.18. The van der Waals surface area contributed by atoms with Crippen molar-refractivity contribution in [3.8, 4) is 0 Å². The predicted molar refractivity (Wildman–Crippen MR) is 70.1 cm³/mol. The first-order valence-electron chi connectivity index (χ1n) is 5.93. The summed E-state index contributed by atoms with van der Waals surface area (Å²) in [6.07, 6.45) is 8.60. The van der Waals surface area contributed by atoms with Crippen molar-refractivity contribution in [2.75, 3.05) is 20.1 Å². The predicted octanol–water partition coefficient (Wildman–Crippen LogP) is 3.80. The SMILES string of the molecule is C=C/C=C1/CCN(C)CC/C1=C/C.CC. The highest BCUT2D eigenvalue weighted by molar-refractivity contribution is 5.34. The maximum absolute atomic E-state index is 3.76. The lowest BCUT2D eigenvalue weighted by molar-refractivity contribution is 0.355. The van der Waals surface area contributed by atoms with Crippen molar-refractivity contribution in [3.63, 3.8) is 0 Å². The summed E-state index contributed by atoms with van der Waals surface area (Å²) < 4.78 is 0. The molecular weight excluding hydrogens is 182 g/mol. The van der Waals surface area contributed by atoms with Gasteiger partial charge in [0.2, 0.25) is 0 Å². The second-order valence-electron chi connectivity index (χ2n) is 3.54. The molecule has 0 unspecified atom stereocenters. The lowest BCUT2D eigenvalue weighted by Gasteiger charge is -2.10. The summed E-state index contributed by atoms with van der Waals surface area (Å²) in [5.74, 6) is 0. The van der Waals surface area contributed by atoms with Crippen molar-refractivity contribution >= 4 is 0 Å². The number of likely N-dealkylation sites (tertiary alicyclic amines) is 1. The Kier molecular flexibility index (Phi) is 8.02. The monoisotopic (exact) mass is 207 g/mol. The highest BCUT2D eigenvalue weighted by Crippen LogP contribution is 2.21. The van der Waals surface area contributed by atoms with E-state index in [2.05, 4.69) is 37.6 Å². The van der Waals surface area contributed by atoms with Crippen LogP contribution in [0.25, 0.3) is 0 Å². The van der Waals surface area contributed by atoms with E-state index in [1.54, 1.807) is 0 Å². The molecule has 1 fully saturated rings. The standard InChI is InChI=1S/C12H19N.C2H6/c1-4-6-12-8-10-13(3)9-7-11(12)5-2;1-2/h4-6H,1,7-10H2,2-3H3;1-2H3/b11-5-,12-6-;. The zero-order chi connectivity index (χ0) is 11.7. The van der Waals surface area contributed by atoms with E-state index in [0.29, 0.717) is 0 Å². The molecule has 86 valence electrons. The smallest absolute Gasteiger partial charge is 0.00190 e. The third-order valence-corrected chi connectivity index (χ3v) is 2.61. The van der Waals surface area contributed by atoms with Gasteiger partial charge in [-0.25, -0.2) is 0 Å². The van der Waals surface area contributed by atoms with Crippen LogP contribution < -0.4 is 0 Å². The molecule has 0 N–H and O–H groups in total. The van der Waals surface area contributed by atoms with Crippen LogP contribution in [0.15, 0.2) is 36.0 Å². The quantitative estimate of drug-likeness (QED) is 0.632. The molecule has 1 nitrogen and oxygen atoms in total. The Hall–Kier alpha value is -0.820. The highest BCUT2D eigenvalue weighted by Gasteiger charge is 2.11. The molecule has 0 radical (unpaired) electrons. The van der Waals surface area contributed by atoms with Crippen molar-refractivity contribution in [1.82, 2.24) is 4.90 Å². The molecule has 1 heterocycles. The first-order chi connectivity index (χ1) is 7.27. The van der Waals surface area contributed by atoms with Gasteiger partial charge in [0, 0.05) is 13.1 Å². The Labute approximate surface area is 95.2 Å². The van der Waals surface area contributed by atoms with Gasteiger partial charge in [0.05, 0.1) is 0 Å². The van der Waals surface area contributed by atoms with Crippen LogP contribution in [-0.2, 0) is 0 Å². The molecule has 1 aliphatic rings. The zero-order valence-corrected chi connectivity index (χ0v) is 10.7. The summed E-state index contributed by atoms with van der Waals surface area (Å²) in [7, 11) is 2.18. The van der Waals surface area contributed by atoms with Crippen LogP contribution in [0.2, 0.25) is 0 Å². The summed E-state index contributed by atoms with van der Waals surface area (Å²) in [4.78, 5) is 2.38. The van der Waals surface area contributed by atoms with Crippen molar-refractivity contribution in [2.24, 2.45) is 0 Å². The molecule has 0 saturated carbocycles. The van der Waals surface area contributed by atoms with Crippen LogP contribution in [0.3, 0.4) is 0 Å². The number of nitrogens with zero attached hydrogens (tertiary/aromatic N) is 1. The van der Waals surface area contributed by atoms with Crippen molar-refractivity contribution in [2.45, 2.75) is 33.6 Å². The van der Waals surface area contributed by atoms with Crippen LogP contribution in [-0.4, -0.2) is 25.0 Å². The van der Waals surface area contributed by atoms with E-state index in [1.807, 2.05) is 19.9 Å². The molecule has 1 aliphatic heterocycles. The fraction of sp³-hybridized carbons (Fsp3) is 0.571. The maximum atomic E-state index is 3.76. The van der Waals surface area contributed by atoms with Gasteiger partial charge in [0.1, 0.15) is 0 Å². The van der Waals surface area contributed by atoms with Crippen LogP contribution in [0.4, 0.5) is 0 Å². The summed E-state index contributed by atoms with van der Waals surface area (Å²) in [5.41, 5.74) is 2.95. The van der Waals surface area contributed by atoms with Crippen molar-refractivity contribution in [3.05, 3.63) is 36.0 Å². The molecule has 15 heavy (non-hydrogen) atoms. The van der Waals surface area contributed by atoms with E-state index in [1.165, 1.54) is 24.1 Å². The third-order valence-electron chi connectivity index (χ3n) is 2.61. The first-order valence-corrected chi connectivity index (χ1v) is 5.93. The second kappa shape index (κ2) is 8.49. The van der Waals surface area contributed by atoms with E-state index in [0.717, 1.165) is 13.0 Å². The Morgan fingerprint density at radius 2 is 1.67 bits per heavy atom. The molecule has 0 aromatic rings. The largest absolute Gasteiger partial charge is 0.306 e. The Morgan fingerprint density at radius 3 is 2.13 bits per heavy atom. The van der Waals surface area contributed by atoms with Gasteiger partial charge in [-0.3, -0.25) is 0 Å². The van der Waals surface area contributed by atoms with Crippen LogP contribution in [0.5, 0.6) is 0 Å². The van der Waals surface area contributed by atoms with Gasteiger partial charge < -0.3 is 4.90 Å². The minimum absolute atomic E-state index is 1.15. The van der Waals surface area contributed by atoms with Crippen molar-refractivity contribution < 1.29 is 0 Å². The normalized spacial score (nSPS) is 23.2. The molecule has 0 aliphatic carbocycles. The molecule has 1 heteroatoms. The lowest BCUT2D eigenvalue weighted by atomic mass is 10.0. The number of hydrogen-bond acceptors (Lipinski definition) is 1. The Morgan fingerprint density at radius 1 is 1.13 bits per heavy atom. The van der Waals surface area contributed by atoms with Gasteiger partial charge in [-0.05, 0) is 38.0 Å². The van der Waals surface area contributed by atoms with Gasteiger partial charge in [-0.2, -0.15) is 0 Å². The van der Waals surface area contributed by atoms with E-state index in [-0.39, 0.29) is 0 Å². The van der Waals surface area contributed by atoms with Gasteiger partial charge in [0.25, 0.3) is 0 Å². The van der Waals surface area contributed by atoms with Crippen molar-refractivity contribution in [1.29, 1.82) is 0 Å². The van der Waals surface area contributed by atoms with E-state index in [4.69, 9.17) is 0 Å². The molecule has 1 saturated heterocycles. The van der Waals surface area contributed by atoms with E-state index in [9.17, 15) is 0 Å². The molecule has 0 atom stereocenters. The van der Waals surface area contributed by atoms with Gasteiger partial charge in [0.15, 0.2) is 0 Å². The number of allylic oxidation sites excluding steroid dienone is 3. The number of hydrogen-bond donors (Lipinski definition) is 0. The summed E-state index contributed by atoms with van der Waals surface area (Å²) in [5, 5.41) is 0. The molecule has 0 aromatic carbocycles. The average molecular weight is 207 g/mol. The molecular formula is C14H25N. The number of rotatable bonds is 1. The first kappa shape index (κ1) is 14.2. The average Bonchev–Trinajstić information content (AvgIpc) is 2.45. The van der Waals surface area contributed by atoms with Crippen LogP contribution in [0, 0.1) is 0 Å². The molecule has 0 bridgehead atoms. The summed E-state index contributed by atoms with van der Waals surface area (Å²) in [6.45, 7) is 12.2.